The van der Waals surface area contributed by atoms with E-state index in [0.717, 1.165) is 16.9 Å². The van der Waals surface area contributed by atoms with Gasteiger partial charge in [0, 0.05) is 5.57 Å². The Labute approximate surface area is 183 Å². The van der Waals surface area contributed by atoms with Crippen LogP contribution in [0.15, 0.2) is 54.1 Å². The SMILES string of the molecule is CCCOc1cccc(C2/C(=C(\[O-])c3ccc(C)cc3)C(=O)C(=O)N2CC[NH+](C)C)c1. The maximum Gasteiger partial charge on any atom is 0.295 e. The molecule has 6 nitrogen and oxygen atoms in total. The van der Waals surface area contributed by atoms with Crippen LogP contribution in [0.5, 0.6) is 5.75 Å². The van der Waals surface area contributed by atoms with Crippen molar-refractivity contribution < 1.29 is 24.3 Å². The largest absolute Gasteiger partial charge is 0.872 e. The fraction of sp³-hybridized carbons (Fsp3) is 0.360. The molecule has 1 amide bonds. The summed E-state index contributed by atoms with van der Waals surface area (Å²) in [6.07, 6.45) is 0.867. The number of hydrogen-bond donors (Lipinski definition) is 1. The summed E-state index contributed by atoms with van der Waals surface area (Å²) in [4.78, 5) is 28.6. The predicted molar refractivity (Wildman–Crippen MR) is 117 cm³/mol. The summed E-state index contributed by atoms with van der Waals surface area (Å²) in [5.41, 5.74) is 2.14. The summed E-state index contributed by atoms with van der Waals surface area (Å²) in [5.74, 6) is -1.08. The molecule has 1 N–H and O–H groups in total. The lowest BCUT2D eigenvalue weighted by Gasteiger charge is -2.28. The number of likely N-dealkylation sites (tertiary alicyclic amines) is 1. The van der Waals surface area contributed by atoms with Gasteiger partial charge < -0.3 is 19.6 Å². The van der Waals surface area contributed by atoms with Crippen LogP contribution in [0.1, 0.15) is 36.1 Å². The Morgan fingerprint density at radius 1 is 1.13 bits per heavy atom. The molecular formula is C25H30N2O4. The molecule has 6 heteroatoms. The third-order valence-corrected chi connectivity index (χ3v) is 5.34. The highest BCUT2D eigenvalue weighted by Gasteiger charge is 2.44. The summed E-state index contributed by atoms with van der Waals surface area (Å²) >= 11 is 0. The van der Waals surface area contributed by atoms with Gasteiger partial charge in [0.1, 0.15) is 5.75 Å². The summed E-state index contributed by atoms with van der Waals surface area (Å²) in [7, 11) is 3.97. The van der Waals surface area contributed by atoms with E-state index in [1.54, 1.807) is 12.1 Å². The number of benzene rings is 2. The molecule has 1 heterocycles. The van der Waals surface area contributed by atoms with Crippen molar-refractivity contribution in [1.29, 1.82) is 0 Å². The first-order valence-corrected chi connectivity index (χ1v) is 10.7. The van der Waals surface area contributed by atoms with Gasteiger partial charge in [-0.25, -0.2) is 0 Å². The van der Waals surface area contributed by atoms with Crippen LogP contribution in [-0.4, -0.2) is 50.4 Å². The molecule has 1 saturated heterocycles. The van der Waals surface area contributed by atoms with Gasteiger partial charge in [-0.05, 0) is 36.6 Å². The molecule has 0 aliphatic carbocycles. The minimum absolute atomic E-state index is 0.00949. The molecule has 1 atom stereocenters. The average Bonchev–Trinajstić information content (AvgIpc) is 3.01. The van der Waals surface area contributed by atoms with Crippen molar-refractivity contribution in [3.8, 4) is 5.75 Å². The lowest BCUT2D eigenvalue weighted by Crippen LogP contribution is -3.06. The standard InChI is InChI=1S/C25H30N2O4/c1-5-15-31-20-8-6-7-19(16-20)22-21(23(28)18-11-9-17(2)10-12-18)24(29)25(30)27(22)14-13-26(3)4/h6-12,16,22,28H,5,13-15H2,1-4H3/b23-21+. The fourth-order valence-electron chi connectivity index (χ4n) is 3.65. The number of carbonyl (C=O) groups is 2. The van der Waals surface area contributed by atoms with Crippen molar-refractivity contribution in [2.45, 2.75) is 26.3 Å². The smallest absolute Gasteiger partial charge is 0.295 e. The summed E-state index contributed by atoms with van der Waals surface area (Å²) in [5, 5.41) is 13.4. The number of nitrogens with one attached hydrogen (secondary N) is 1. The van der Waals surface area contributed by atoms with Gasteiger partial charge in [0.25, 0.3) is 5.91 Å². The Morgan fingerprint density at radius 2 is 1.84 bits per heavy atom. The van der Waals surface area contributed by atoms with E-state index in [1.807, 2.05) is 64.3 Å². The number of nitrogens with zero attached hydrogens (tertiary/aromatic N) is 1. The first kappa shape index (κ1) is 22.6. The highest BCUT2D eigenvalue weighted by molar-refractivity contribution is 6.46. The molecule has 164 valence electrons. The Bertz CT molecular complexity index is 979. The van der Waals surface area contributed by atoms with E-state index in [9.17, 15) is 14.7 Å². The van der Waals surface area contributed by atoms with E-state index >= 15 is 0 Å². The number of hydrogen-bond acceptors (Lipinski definition) is 4. The summed E-state index contributed by atoms with van der Waals surface area (Å²) < 4.78 is 5.75. The quantitative estimate of drug-likeness (QED) is 0.394. The van der Waals surface area contributed by atoms with Crippen LogP contribution in [0.25, 0.3) is 5.76 Å². The Balaban J connectivity index is 2.11. The molecule has 2 aromatic carbocycles. The van der Waals surface area contributed by atoms with E-state index in [-0.39, 0.29) is 5.57 Å². The molecule has 31 heavy (non-hydrogen) atoms. The fourth-order valence-corrected chi connectivity index (χ4v) is 3.65. The molecule has 0 spiro atoms. The second-order valence-corrected chi connectivity index (χ2v) is 8.22. The van der Waals surface area contributed by atoms with Crippen molar-refractivity contribution >= 4 is 17.4 Å². The topological polar surface area (TPSA) is 74.1 Å². The number of quaternary nitrogens is 1. The molecule has 0 bridgehead atoms. The van der Waals surface area contributed by atoms with Gasteiger partial charge >= 0.3 is 0 Å². The summed E-state index contributed by atoms with van der Waals surface area (Å²) in [6, 6.07) is 13.7. The minimum atomic E-state index is -0.724. The lowest BCUT2D eigenvalue weighted by molar-refractivity contribution is -0.857. The third-order valence-electron chi connectivity index (χ3n) is 5.34. The van der Waals surface area contributed by atoms with Crippen LogP contribution in [-0.2, 0) is 9.59 Å². The van der Waals surface area contributed by atoms with Gasteiger partial charge in [0.2, 0.25) is 5.78 Å². The van der Waals surface area contributed by atoms with E-state index in [2.05, 4.69) is 0 Å². The van der Waals surface area contributed by atoms with Crippen molar-refractivity contribution in [3.63, 3.8) is 0 Å². The van der Waals surface area contributed by atoms with Gasteiger partial charge in [0.15, 0.2) is 0 Å². The van der Waals surface area contributed by atoms with Crippen LogP contribution < -0.4 is 14.7 Å². The zero-order chi connectivity index (χ0) is 22.5. The molecule has 0 radical (unpaired) electrons. The zero-order valence-corrected chi connectivity index (χ0v) is 18.6. The van der Waals surface area contributed by atoms with Crippen molar-refractivity contribution in [1.82, 2.24) is 4.90 Å². The maximum atomic E-state index is 13.4. The van der Waals surface area contributed by atoms with Crippen LogP contribution in [0.4, 0.5) is 0 Å². The minimum Gasteiger partial charge on any atom is -0.872 e. The first-order chi connectivity index (χ1) is 14.8. The molecule has 2 aromatic rings. The summed E-state index contributed by atoms with van der Waals surface area (Å²) in [6.45, 7) is 5.56. The van der Waals surface area contributed by atoms with Crippen LogP contribution in [0.3, 0.4) is 0 Å². The van der Waals surface area contributed by atoms with Crippen LogP contribution in [0.2, 0.25) is 0 Å². The van der Waals surface area contributed by atoms with Crippen LogP contribution >= 0.6 is 0 Å². The maximum absolute atomic E-state index is 13.4. The number of likely N-dealkylation sites (N-methyl/N-ethyl adjacent to an activating group) is 1. The normalized spacial score (nSPS) is 18.1. The predicted octanol–water partition coefficient (Wildman–Crippen LogP) is 1.15. The monoisotopic (exact) mass is 422 g/mol. The molecule has 1 unspecified atom stereocenters. The Hall–Kier alpha value is -3.12. The number of ether oxygens (including phenoxy) is 1. The number of rotatable bonds is 8. The molecule has 0 saturated carbocycles. The highest BCUT2D eigenvalue weighted by Crippen LogP contribution is 2.39. The lowest BCUT2D eigenvalue weighted by atomic mass is 9.95. The number of aryl methyl sites for hydroxylation is 1. The van der Waals surface area contributed by atoms with E-state index in [4.69, 9.17) is 4.74 Å². The number of amides is 1. The number of ketones is 1. The van der Waals surface area contributed by atoms with Crippen molar-refractivity contribution in [2.75, 3.05) is 33.8 Å². The second kappa shape index (κ2) is 9.79. The van der Waals surface area contributed by atoms with E-state index in [1.165, 1.54) is 4.90 Å². The van der Waals surface area contributed by atoms with E-state index < -0.39 is 23.5 Å². The molecule has 1 aliphatic heterocycles. The first-order valence-electron chi connectivity index (χ1n) is 10.7. The highest BCUT2D eigenvalue weighted by atomic mass is 16.5. The number of carbonyl (C=O) groups excluding carboxylic acids is 2. The van der Waals surface area contributed by atoms with E-state index in [0.29, 0.717) is 36.6 Å². The van der Waals surface area contributed by atoms with Gasteiger partial charge in [-0.1, -0.05) is 54.6 Å². The Morgan fingerprint density at radius 3 is 2.48 bits per heavy atom. The van der Waals surface area contributed by atoms with Gasteiger partial charge in [-0.3, -0.25) is 9.59 Å². The molecule has 1 fully saturated rings. The zero-order valence-electron chi connectivity index (χ0n) is 18.6. The third kappa shape index (κ3) is 4.97. The van der Waals surface area contributed by atoms with Crippen LogP contribution in [0, 0.1) is 6.92 Å². The van der Waals surface area contributed by atoms with Crippen molar-refractivity contribution in [2.24, 2.45) is 0 Å². The van der Waals surface area contributed by atoms with Crippen molar-refractivity contribution in [3.05, 3.63) is 70.8 Å². The molecule has 1 aliphatic rings. The Kier molecular flexibility index (Phi) is 7.13. The molecule has 0 aromatic heterocycles. The van der Waals surface area contributed by atoms with Gasteiger partial charge in [0.05, 0.1) is 39.8 Å². The second-order valence-electron chi connectivity index (χ2n) is 8.22. The average molecular weight is 423 g/mol. The van der Waals surface area contributed by atoms with Gasteiger partial charge in [-0.2, -0.15) is 0 Å². The molecule has 3 rings (SSSR count). The molecular weight excluding hydrogens is 392 g/mol. The number of Topliss-reactive ketones (excluding diaryl/α,β-unsaturated/α-hetero) is 1. The van der Waals surface area contributed by atoms with Gasteiger partial charge in [-0.15, -0.1) is 0 Å².